The van der Waals surface area contributed by atoms with Crippen molar-refractivity contribution in [3.8, 4) is 0 Å². The van der Waals surface area contributed by atoms with E-state index in [0.29, 0.717) is 6.04 Å². The van der Waals surface area contributed by atoms with Crippen molar-refractivity contribution in [3.05, 3.63) is 37.5 Å². The fourth-order valence-corrected chi connectivity index (χ4v) is 5.06. The van der Waals surface area contributed by atoms with E-state index in [4.69, 9.17) is 4.98 Å². The molecule has 4 heteroatoms. The average molecular weight is 307 g/mol. The van der Waals surface area contributed by atoms with Gasteiger partial charge in [-0.3, -0.25) is 0 Å². The van der Waals surface area contributed by atoms with Crippen LogP contribution in [0.1, 0.15) is 58.8 Å². The maximum Gasteiger partial charge on any atom is 0.116 e. The Morgan fingerprint density at radius 1 is 1.25 bits per heavy atom. The summed E-state index contributed by atoms with van der Waals surface area (Å²) in [6, 6.07) is 2.94. The first-order valence-electron chi connectivity index (χ1n) is 7.43. The van der Waals surface area contributed by atoms with Crippen LogP contribution < -0.4 is 5.32 Å². The molecule has 0 bridgehead atoms. The predicted octanol–water partition coefficient (Wildman–Crippen LogP) is 4.48. The minimum absolute atomic E-state index is 0.269. The van der Waals surface area contributed by atoms with Gasteiger partial charge in [0.1, 0.15) is 5.01 Å². The van der Waals surface area contributed by atoms with E-state index in [-0.39, 0.29) is 6.04 Å². The lowest BCUT2D eigenvalue weighted by Gasteiger charge is -2.19. The Morgan fingerprint density at radius 3 is 2.70 bits per heavy atom. The Bertz CT molecular complexity index is 560. The second kappa shape index (κ2) is 5.96. The molecule has 0 saturated heterocycles. The van der Waals surface area contributed by atoms with Crippen molar-refractivity contribution in [2.45, 2.75) is 58.5 Å². The van der Waals surface area contributed by atoms with E-state index in [1.807, 2.05) is 22.7 Å². The van der Waals surface area contributed by atoms with Crippen LogP contribution in [0.15, 0.2) is 11.4 Å². The molecule has 0 fully saturated rings. The molecule has 108 valence electrons. The third-order valence-corrected chi connectivity index (χ3v) is 6.08. The molecule has 0 amide bonds. The summed E-state index contributed by atoms with van der Waals surface area (Å²) in [5.74, 6) is 0. The molecule has 1 aliphatic rings. The molecular formula is C16H22N2S2. The average Bonchev–Trinajstić information content (AvgIpc) is 3.01. The second-order valence-electron chi connectivity index (χ2n) is 5.85. The zero-order chi connectivity index (χ0) is 14.1. The van der Waals surface area contributed by atoms with Gasteiger partial charge in [-0.1, -0.05) is 0 Å². The summed E-state index contributed by atoms with van der Waals surface area (Å²) in [6.07, 6.45) is 5.03. The fraction of sp³-hybridized carbons (Fsp3) is 0.562. The molecule has 0 aliphatic heterocycles. The highest BCUT2D eigenvalue weighted by Gasteiger charge is 2.24. The first-order valence-corrected chi connectivity index (χ1v) is 9.13. The van der Waals surface area contributed by atoms with Gasteiger partial charge in [0.25, 0.3) is 0 Å². The van der Waals surface area contributed by atoms with Gasteiger partial charge < -0.3 is 5.32 Å². The highest BCUT2D eigenvalue weighted by atomic mass is 32.1. The number of aromatic nitrogens is 1. The highest BCUT2D eigenvalue weighted by Crippen LogP contribution is 2.35. The molecule has 1 unspecified atom stereocenters. The van der Waals surface area contributed by atoms with E-state index < -0.39 is 0 Å². The minimum Gasteiger partial charge on any atom is -0.301 e. The monoisotopic (exact) mass is 306 g/mol. The molecular weight excluding hydrogens is 284 g/mol. The molecule has 2 heterocycles. The summed E-state index contributed by atoms with van der Waals surface area (Å²) < 4.78 is 0. The molecule has 2 aromatic rings. The number of rotatable bonds is 4. The Labute approximate surface area is 129 Å². The number of aryl methyl sites for hydroxylation is 3. The van der Waals surface area contributed by atoms with Gasteiger partial charge in [0.2, 0.25) is 0 Å². The van der Waals surface area contributed by atoms with Crippen LogP contribution in [0.25, 0.3) is 0 Å². The van der Waals surface area contributed by atoms with Crippen LogP contribution in [0.2, 0.25) is 0 Å². The molecule has 1 aliphatic carbocycles. The topological polar surface area (TPSA) is 24.9 Å². The summed E-state index contributed by atoms with van der Waals surface area (Å²) in [5.41, 5.74) is 2.74. The molecule has 0 saturated carbocycles. The van der Waals surface area contributed by atoms with Gasteiger partial charge in [-0.05, 0) is 63.5 Å². The molecule has 2 aromatic heterocycles. The van der Waals surface area contributed by atoms with Gasteiger partial charge >= 0.3 is 0 Å². The van der Waals surface area contributed by atoms with Crippen LogP contribution in [0.3, 0.4) is 0 Å². The zero-order valence-corrected chi connectivity index (χ0v) is 14.0. The number of fused-ring (bicyclic) bond motifs is 1. The molecule has 1 atom stereocenters. The van der Waals surface area contributed by atoms with Gasteiger partial charge in [-0.2, -0.15) is 0 Å². The second-order valence-corrected chi connectivity index (χ2v) is 7.91. The summed E-state index contributed by atoms with van der Waals surface area (Å²) in [7, 11) is 0. The third-order valence-electron chi connectivity index (χ3n) is 3.77. The van der Waals surface area contributed by atoms with E-state index in [1.165, 1.54) is 51.7 Å². The maximum atomic E-state index is 4.96. The van der Waals surface area contributed by atoms with Crippen LogP contribution in [-0.2, 0) is 12.8 Å². The Kier molecular flexibility index (Phi) is 4.24. The Hall–Kier alpha value is -0.710. The molecule has 1 N–H and O–H groups in total. The Balaban J connectivity index is 1.96. The summed E-state index contributed by atoms with van der Waals surface area (Å²) >= 11 is 3.77. The van der Waals surface area contributed by atoms with Crippen LogP contribution >= 0.6 is 22.7 Å². The van der Waals surface area contributed by atoms with Gasteiger partial charge in [0.15, 0.2) is 0 Å². The minimum atomic E-state index is 0.269. The summed E-state index contributed by atoms with van der Waals surface area (Å²) in [5, 5.41) is 7.15. The number of hydrogen-bond acceptors (Lipinski definition) is 4. The van der Waals surface area contributed by atoms with E-state index in [0.717, 1.165) is 0 Å². The van der Waals surface area contributed by atoms with Gasteiger partial charge in [0, 0.05) is 15.8 Å². The molecule has 2 nitrogen and oxygen atoms in total. The molecule has 20 heavy (non-hydrogen) atoms. The largest absolute Gasteiger partial charge is 0.301 e. The Morgan fingerprint density at radius 2 is 2.05 bits per heavy atom. The lowest BCUT2D eigenvalue weighted by Crippen LogP contribution is -2.28. The van der Waals surface area contributed by atoms with Crippen LogP contribution in [0.5, 0.6) is 0 Å². The molecule has 0 aromatic carbocycles. The number of hydrogen-bond donors (Lipinski definition) is 1. The number of thiazole rings is 1. The van der Waals surface area contributed by atoms with Crippen molar-refractivity contribution in [3.63, 3.8) is 0 Å². The van der Waals surface area contributed by atoms with E-state index in [1.54, 1.807) is 0 Å². The maximum absolute atomic E-state index is 4.96. The smallest absolute Gasteiger partial charge is 0.116 e. The standard InChI is InChI=1S/C16H22N2S2/c1-10(2)17-14(15-11(3)8-9-19-15)16-18-12-6-4-5-7-13(12)20-16/h8-10,14,17H,4-7H2,1-3H3. The number of thiophene rings is 1. The van der Waals surface area contributed by atoms with Crippen molar-refractivity contribution in [1.29, 1.82) is 0 Å². The van der Waals surface area contributed by atoms with E-state index in [2.05, 4.69) is 37.5 Å². The molecule has 0 spiro atoms. The van der Waals surface area contributed by atoms with Crippen LogP contribution in [0.4, 0.5) is 0 Å². The number of nitrogens with zero attached hydrogens (tertiary/aromatic N) is 1. The van der Waals surface area contributed by atoms with Crippen molar-refractivity contribution in [2.24, 2.45) is 0 Å². The lowest BCUT2D eigenvalue weighted by molar-refractivity contribution is 0.529. The predicted molar refractivity (Wildman–Crippen MR) is 87.9 cm³/mol. The first-order chi connectivity index (χ1) is 9.65. The first kappa shape index (κ1) is 14.2. The SMILES string of the molecule is Cc1ccsc1C(NC(C)C)c1nc2c(s1)CCCC2. The van der Waals surface area contributed by atoms with Crippen molar-refractivity contribution >= 4 is 22.7 Å². The zero-order valence-electron chi connectivity index (χ0n) is 12.4. The van der Waals surface area contributed by atoms with Crippen LogP contribution in [0, 0.1) is 6.92 Å². The van der Waals surface area contributed by atoms with Crippen molar-refractivity contribution in [2.75, 3.05) is 0 Å². The lowest BCUT2D eigenvalue weighted by atomic mass is 10.0. The normalized spacial score (nSPS) is 16.4. The van der Waals surface area contributed by atoms with Crippen molar-refractivity contribution in [1.82, 2.24) is 10.3 Å². The quantitative estimate of drug-likeness (QED) is 0.901. The molecule has 0 radical (unpaired) electrons. The summed E-state index contributed by atoms with van der Waals surface area (Å²) in [4.78, 5) is 7.91. The van der Waals surface area contributed by atoms with Crippen molar-refractivity contribution < 1.29 is 0 Å². The van der Waals surface area contributed by atoms with E-state index in [9.17, 15) is 0 Å². The van der Waals surface area contributed by atoms with Gasteiger partial charge in [0.05, 0.1) is 11.7 Å². The molecule has 3 rings (SSSR count). The van der Waals surface area contributed by atoms with Gasteiger partial charge in [-0.25, -0.2) is 4.98 Å². The highest BCUT2D eigenvalue weighted by molar-refractivity contribution is 7.12. The fourth-order valence-electron chi connectivity index (χ4n) is 2.77. The number of nitrogens with one attached hydrogen (secondary N) is 1. The summed E-state index contributed by atoms with van der Waals surface area (Å²) in [6.45, 7) is 6.63. The third kappa shape index (κ3) is 2.83. The van der Waals surface area contributed by atoms with Crippen LogP contribution in [-0.4, -0.2) is 11.0 Å². The van der Waals surface area contributed by atoms with E-state index >= 15 is 0 Å². The van der Waals surface area contributed by atoms with Gasteiger partial charge in [-0.15, -0.1) is 22.7 Å².